The number of rotatable bonds is 3. The molecule has 2 heterocycles. The normalized spacial score (nSPS) is 22.5. The molecule has 0 bridgehead atoms. The quantitative estimate of drug-likeness (QED) is 0.753. The number of hydrogen-bond donors (Lipinski definition) is 0. The maximum atomic E-state index is 2.63. The monoisotopic (exact) mass is 371 g/mol. The van der Waals surface area contributed by atoms with Crippen LogP contribution in [0.5, 0.6) is 0 Å². The summed E-state index contributed by atoms with van der Waals surface area (Å²) in [7, 11) is 2.22. The van der Waals surface area contributed by atoms with Crippen molar-refractivity contribution in [3.8, 4) is 0 Å². The van der Waals surface area contributed by atoms with Gasteiger partial charge < -0.3 is 14.7 Å². The Labute approximate surface area is 129 Å². The SMILES string of the molecule is CN1CCN(CC2CN(c3ccc(I)cc3)C2)CC1. The van der Waals surface area contributed by atoms with E-state index in [1.807, 2.05) is 0 Å². The van der Waals surface area contributed by atoms with Gasteiger partial charge in [-0.25, -0.2) is 0 Å². The Bertz CT molecular complexity index is 406. The van der Waals surface area contributed by atoms with Gasteiger partial charge in [0.25, 0.3) is 0 Å². The molecule has 0 atom stereocenters. The van der Waals surface area contributed by atoms with Crippen molar-refractivity contribution in [2.45, 2.75) is 0 Å². The van der Waals surface area contributed by atoms with Crippen LogP contribution >= 0.6 is 22.6 Å². The molecule has 0 aliphatic carbocycles. The number of anilines is 1. The minimum Gasteiger partial charge on any atom is -0.371 e. The lowest BCUT2D eigenvalue weighted by Crippen LogP contribution is -2.54. The zero-order chi connectivity index (χ0) is 13.2. The Hall–Kier alpha value is -0.330. The predicted octanol–water partition coefficient (Wildman–Crippen LogP) is 1.97. The first kappa shape index (κ1) is 13.6. The van der Waals surface area contributed by atoms with Gasteiger partial charge in [0.05, 0.1) is 0 Å². The average molecular weight is 371 g/mol. The molecular weight excluding hydrogens is 349 g/mol. The van der Waals surface area contributed by atoms with Gasteiger partial charge in [0.15, 0.2) is 0 Å². The predicted molar refractivity (Wildman–Crippen MR) is 88.8 cm³/mol. The lowest BCUT2D eigenvalue weighted by Gasteiger charge is -2.44. The first-order chi connectivity index (χ1) is 9.20. The number of piperazine rings is 1. The zero-order valence-corrected chi connectivity index (χ0v) is 13.7. The zero-order valence-electron chi connectivity index (χ0n) is 11.6. The molecule has 0 unspecified atom stereocenters. The van der Waals surface area contributed by atoms with E-state index in [2.05, 4.69) is 68.6 Å². The maximum absolute atomic E-state index is 2.63. The van der Waals surface area contributed by atoms with Crippen molar-refractivity contribution in [1.82, 2.24) is 9.80 Å². The minimum absolute atomic E-state index is 0.864. The van der Waals surface area contributed by atoms with E-state index in [9.17, 15) is 0 Å². The molecule has 1 aromatic rings. The standard InChI is InChI=1S/C15H22IN3/c1-17-6-8-18(9-7-17)10-13-11-19(12-13)15-4-2-14(16)3-5-15/h2-5,13H,6-12H2,1H3. The first-order valence-corrected chi connectivity index (χ1v) is 8.20. The smallest absolute Gasteiger partial charge is 0.0367 e. The number of nitrogens with zero attached hydrogens (tertiary/aromatic N) is 3. The van der Waals surface area contributed by atoms with Crippen LogP contribution in [-0.4, -0.2) is 62.7 Å². The molecule has 2 saturated heterocycles. The molecule has 104 valence electrons. The van der Waals surface area contributed by atoms with Crippen LogP contribution in [0.2, 0.25) is 0 Å². The van der Waals surface area contributed by atoms with Crippen LogP contribution in [-0.2, 0) is 0 Å². The highest BCUT2D eigenvalue weighted by molar-refractivity contribution is 14.1. The molecule has 0 radical (unpaired) electrons. The molecule has 3 rings (SSSR count). The van der Waals surface area contributed by atoms with Crippen LogP contribution in [0.1, 0.15) is 0 Å². The van der Waals surface area contributed by atoms with E-state index in [-0.39, 0.29) is 0 Å². The molecule has 0 spiro atoms. The van der Waals surface area contributed by atoms with Crippen LogP contribution in [0.15, 0.2) is 24.3 Å². The lowest BCUT2D eigenvalue weighted by molar-refractivity contribution is 0.128. The summed E-state index contributed by atoms with van der Waals surface area (Å²) in [4.78, 5) is 7.56. The van der Waals surface area contributed by atoms with Crippen molar-refractivity contribution in [3.05, 3.63) is 27.8 Å². The van der Waals surface area contributed by atoms with E-state index in [0.29, 0.717) is 0 Å². The van der Waals surface area contributed by atoms with Crippen molar-refractivity contribution in [3.63, 3.8) is 0 Å². The van der Waals surface area contributed by atoms with Gasteiger partial charge in [-0.2, -0.15) is 0 Å². The van der Waals surface area contributed by atoms with Crippen LogP contribution in [0.3, 0.4) is 0 Å². The second-order valence-corrected chi connectivity index (χ2v) is 7.10. The van der Waals surface area contributed by atoms with E-state index in [1.165, 1.54) is 55.1 Å². The molecule has 2 aliphatic rings. The average Bonchev–Trinajstić information content (AvgIpc) is 2.37. The fourth-order valence-corrected chi connectivity index (χ4v) is 3.30. The third-order valence-corrected chi connectivity index (χ3v) is 4.98. The van der Waals surface area contributed by atoms with E-state index in [0.717, 1.165) is 5.92 Å². The molecule has 1 aromatic carbocycles. The molecule has 19 heavy (non-hydrogen) atoms. The molecule has 0 saturated carbocycles. The number of likely N-dealkylation sites (N-methyl/N-ethyl adjacent to an activating group) is 1. The van der Waals surface area contributed by atoms with Gasteiger partial charge in [0.2, 0.25) is 0 Å². The number of halogens is 1. The van der Waals surface area contributed by atoms with Crippen LogP contribution < -0.4 is 4.90 Å². The Kier molecular flexibility index (Phi) is 4.29. The Morgan fingerprint density at radius 2 is 1.68 bits per heavy atom. The second kappa shape index (κ2) is 5.97. The molecule has 2 fully saturated rings. The van der Waals surface area contributed by atoms with Gasteiger partial charge in [-0.15, -0.1) is 0 Å². The summed E-state index contributed by atoms with van der Waals surface area (Å²) < 4.78 is 1.32. The Morgan fingerprint density at radius 3 is 2.32 bits per heavy atom. The molecule has 4 heteroatoms. The van der Waals surface area contributed by atoms with E-state index < -0.39 is 0 Å². The summed E-state index contributed by atoms with van der Waals surface area (Å²) in [6.07, 6.45) is 0. The lowest BCUT2D eigenvalue weighted by atomic mass is 9.98. The Balaban J connectivity index is 1.44. The van der Waals surface area contributed by atoms with Crippen LogP contribution in [0.25, 0.3) is 0 Å². The van der Waals surface area contributed by atoms with Crippen LogP contribution in [0.4, 0.5) is 5.69 Å². The van der Waals surface area contributed by atoms with Crippen molar-refractivity contribution >= 4 is 28.3 Å². The third-order valence-electron chi connectivity index (χ3n) is 4.26. The summed E-state index contributed by atoms with van der Waals surface area (Å²) >= 11 is 2.36. The minimum atomic E-state index is 0.864. The van der Waals surface area contributed by atoms with Crippen LogP contribution in [0, 0.1) is 9.49 Å². The maximum Gasteiger partial charge on any atom is 0.0367 e. The molecule has 3 nitrogen and oxygen atoms in total. The highest BCUT2D eigenvalue weighted by Gasteiger charge is 2.29. The van der Waals surface area contributed by atoms with E-state index in [1.54, 1.807) is 0 Å². The van der Waals surface area contributed by atoms with Gasteiger partial charge in [-0.3, -0.25) is 0 Å². The van der Waals surface area contributed by atoms with E-state index >= 15 is 0 Å². The molecule has 0 N–H and O–H groups in total. The van der Waals surface area contributed by atoms with E-state index in [4.69, 9.17) is 0 Å². The van der Waals surface area contributed by atoms with Gasteiger partial charge in [0.1, 0.15) is 0 Å². The number of benzene rings is 1. The second-order valence-electron chi connectivity index (χ2n) is 5.85. The van der Waals surface area contributed by atoms with Crippen molar-refractivity contribution in [2.24, 2.45) is 5.92 Å². The summed E-state index contributed by atoms with van der Waals surface area (Å²) in [5.74, 6) is 0.864. The topological polar surface area (TPSA) is 9.72 Å². The summed E-state index contributed by atoms with van der Waals surface area (Å²) in [6.45, 7) is 8.70. The van der Waals surface area contributed by atoms with Gasteiger partial charge in [0, 0.05) is 61.0 Å². The third kappa shape index (κ3) is 3.41. The molecule has 0 aromatic heterocycles. The van der Waals surface area contributed by atoms with Crippen molar-refractivity contribution in [1.29, 1.82) is 0 Å². The fraction of sp³-hybridized carbons (Fsp3) is 0.600. The molecule has 0 amide bonds. The Morgan fingerprint density at radius 1 is 1.05 bits per heavy atom. The van der Waals surface area contributed by atoms with Gasteiger partial charge in [-0.05, 0) is 53.9 Å². The van der Waals surface area contributed by atoms with Gasteiger partial charge in [-0.1, -0.05) is 0 Å². The van der Waals surface area contributed by atoms with Crippen molar-refractivity contribution < 1.29 is 0 Å². The number of hydrogen-bond acceptors (Lipinski definition) is 3. The summed E-state index contributed by atoms with van der Waals surface area (Å²) in [5, 5.41) is 0. The fourth-order valence-electron chi connectivity index (χ4n) is 2.94. The highest BCUT2D eigenvalue weighted by atomic mass is 127. The summed E-state index contributed by atoms with van der Waals surface area (Å²) in [6, 6.07) is 8.88. The van der Waals surface area contributed by atoms with Gasteiger partial charge >= 0.3 is 0 Å². The molecule has 2 aliphatic heterocycles. The van der Waals surface area contributed by atoms with Crippen molar-refractivity contribution in [2.75, 3.05) is 57.8 Å². The molecular formula is C15H22IN3. The first-order valence-electron chi connectivity index (χ1n) is 7.12. The summed E-state index contributed by atoms with van der Waals surface area (Å²) in [5.41, 5.74) is 1.38. The highest BCUT2D eigenvalue weighted by Crippen LogP contribution is 2.25. The largest absolute Gasteiger partial charge is 0.371 e.